The van der Waals surface area contributed by atoms with Crippen LogP contribution in [0.1, 0.15) is 23.0 Å². The van der Waals surface area contributed by atoms with Crippen molar-refractivity contribution >= 4 is 11.6 Å². The van der Waals surface area contributed by atoms with Crippen LogP contribution in [0.25, 0.3) is 0 Å². The Morgan fingerprint density at radius 1 is 1.20 bits per heavy atom. The number of para-hydroxylation sites is 1. The second-order valence-corrected chi connectivity index (χ2v) is 6.19. The van der Waals surface area contributed by atoms with Crippen LogP contribution in [0, 0.1) is 0 Å². The first-order chi connectivity index (χ1) is 9.72. The fourth-order valence-electron chi connectivity index (χ4n) is 3.53. The molecule has 102 valence electrons. The third-order valence-corrected chi connectivity index (χ3v) is 4.65. The van der Waals surface area contributed by atoms with E-state index in [1.807, 2.05) is 18.2 Å². The Kier molecular flexibility index (Phi) is 2.76. The Morgan fingerprint density at radius 2 is 2.05 bits per heavy atom. The lowest BCUT2D eigenvalue weighted by Crippen LogP contribution is -2.14. The van der Waals surface area contributed by atoms with Gasteiger partial charge in [0.15, 0.2) is 0 Å². The summed E-state index contributed by atoms with van der Waals surface area (Å²) < 4.78 is 6.15. The molecule has 0 aliphatic carbocycles. The van der Waals surface area contributed by atoms with Gasteiger partial charge in [-0.05, 0) is 36.9 Å². The minimum Gasteiger partial charge on any atom is -0.457 e. The van der Waals surface area contributed by atoms with Crippen LogP contribution in [0.15, 0.2) is 42.5 Å². The predicted molar refractivity (Wildman–Crippen MR) is 80.9 cm³/mol. The molecule has 3 heteroatoms. The van der Waals surface area contributed by atoms with Gasteiger partial charge in [-0.3, -0.25) is 0 Å². The molecule has 2 aromatic carbocycles. The zero-order valence-corrected chi connectivity index (χ0v) is 12.1. The first-order valence-corrected chi connectivity index (χ1v) is 7.35. The summed E-state index contributed by atoms with van der Waals surface area (Å²) in [7, 11) is 2.18. The second-order valence-electron chi connectivity index (χ2n) is 5.76. The lowest BCUT2D eigenvalue weighted by atomic mass is 10.1. The van der Waals surface area contributed by atoms with Gasteiger partial charge in [0, 0.05) is 35.5 Å². The number of fused-ring (bicyclic) bond motifs is 5. The van der Waals surface area contributed by atoms with Gasteiger partial charge in [0.05, 0.1) is 0 Å². The largest absolute Gasteiger partial charge is 0.457 e. The number of nitrogens with zero attached hydrogens (tertiary/aromatic N) is 1. The maximum Gasteiger partial charge on any atom is 0.131 e. The molecule has 2 nitrogen and oxygen atoms in total. The Hall–Kier alpha value is -1.51. The molecule has 2 aromatic rings. The Morgan fingerprint density at radius 3 is 2.95 bits per heavy atom. The summed E-state index contributed by atoms with van der Waals surface area (Å²) in [5, 5.41) is 0.784. The van der Waals surface area contributed by atoms with E-state index in [1.54, 1.807) is 0 Å². The lowest BCUT2D eigenvalue weighted by molar-refractivity contribution is 0.401. The van der Waals surface area contributed by atoms with Crippen LogP contribution in [0.4, 0.5) is 0 Å². The highest BCUT2D eigenvalue weighted by atomic mass is 35.5. The zero-order valence-electron chi connectivity index (χ0n) is 11.3. The number of hydrogen-bond donors (Lipinski definition) is 0. The molecule has 0 N–H and O–H groups in total. The van der Waals surface area contributed by atoms with Crippen molar-refractivity contribution in [2.75, 3.05) is 20.1 Å². The van der Waals surface area contributed by atoms with E-state index in [9.17, 15) is 0 Å². The van der Waals surface area contributed by atoms with E-state index in [-0.39, 0.29) is 0 Å². The topological polar surface area (TPSA) is 12.5 Å². The molecule has 1 saturated heterocycles. The Labute approximate surface area is 123 Å². The summed E-state index contributed by atoms with van der Waals surface area (Å²) in [6.45, 7) is 2.12. The van der Waals surface area contributed by atoms with Crippen LogP contribution in [0.3, 0.4) is 0 Å². The van der Waals surface area contributed by atoms with Gasteiger partial charge >= 0.3 is 0 Å². The minimum absolute atomic E-state index is 0.456. The van der Waals surface area contributed by atoms with Crippen molar-refractivity contribution in [3.8, 4) is 11.5 Å². The van der Waals surface area contributed by atoms with Gasteiger partial charge in [0.1, 0.15) is 11.5 Å². The summed E-state index contributed by atoms with van der Waals surface area (Å²) in [5.74, 6) is 2.87. The molecule has 2 aliphatic heterocycles. The van der Waals surface area contributed by atoms with Gasteiger partial charge in [-0.1, -0.05) is 29.8 Å². The maximum absolute atomic E-state index is 6.20. The number of halogens is 1. The zero-order chi connectivity index (χ0) is 13.7. The van der Waals surface area contributed by atoms with E-state index in [0.717, 1.165) is 29.6 Å². The monoisotopic (exact) mass is 287 g/mol. The molecule has 0 aromatic heterocycles. The van der Waals surface area contributed by atoms with Crippen molar-refractivity contribution in [2.45, 2.75) is 11.8 Å². The first kappa shape index (κ1) is 12.2. The van der Waals surface area contributed by atoms with Gasteiger partial charge in [-0.2, -0.15) is 0 Å². The van der Waals surface area contributed by atoms with Crippen molar-refractivity contribution in [3.05, 3.63) is 58.6 Å². The van der Waals surface area contributed by atoms with Crippen LogP contribution >= 0.6 is 11.6 Å². The molecule has 20 heavy (non-hydrogen) atoms. The van der Waals surface area contributed by atoms with E-state index in [4.69, 9.17) is 16.3 Å². The molecule has 0 amide bonds. The third kappa shape index (κ3) is 1.83. The Bertz CT molecular complexity index is 670. The van der Waals surface area contributed by atoms with Crippen LogP contribution in [-0.4, -0.2) is 25.0 Å². The van der Waals surface area contributed by atoms with Gasteiger partial charge in [-0.15, -0.1) is 0 Å². The fraction of sp³-hybridized carbons (Fsp3) is 0.294. The minimum atomic E-state index is 0.456. The number of hydrogen-bond acceptors (Lipinski definition) is 2. The van der Waals surface area contributed by atoms with Gasteiger partial charge in [0.25, 0.3) is 0 Å². The molecule has 2 heterocycles. The number of likely N-dealkylation sites (N-methyl/N-ethyl adjacent to an activating group) is 1. The molecule has 0 bridgehead atoms. The quantitative estimate of drug-likeness (QED) is 0.718. The number of ether oxygens (including phenoxy) is 1. The summed E-state index contributed by atoms with van der Waals surface area (Å²) >= 11 is 6.20. The summed E-state index contributed by atoms with van der Waals surface area (Å²) in [6, 6.07) is 14.4. The van der Waals surface area contributed by atoms with E-state index >= 15 is 0 Å². The number of benzene rings is 2. The SMILES string of the molecule is CN1C[C@H]2c3cc(Cl)ccc3Oc3ccccc3[14C@@H]2C1. The highest BCUT2D eigenvalue weighted by molar-refractivity contribution is 6.30. The second kappa shape index (κ2) is 4.51. The molecule has 0 unspecified atom stereocenters. The molecule has 0 radical (unpaired) electrons. The van der Waals surface area contributed by atoms with Crippen LogP contribution in [0.2, 0.25) is 5.02 Å². The molecular formula is C17H16ClNO. The molecule has 0 spiro atoms. The number of rotatable bonds is 0. The van der Waals surface area contributed by atoms with Crippen molar-refractivity contribution in [2.24, 2.45) is 0 Å². The van der Waals surface area contributed by atoms with E-state index in [2.05, 4.69) is 36.2 Å². The fourth-order valence-corrected chi connectivity index (χ4v) is 3.71. The van der Waals surface area contributed by atoms with Crippen LogP contribution in [0.5, 0.6) is 11.5 Å². The van der Waals surface area contributed by atoms with E-state index < -0.39 is 0 Å². The van der Waals surface area contributed by atoms with Gasteiger partial charge in [0.2, 0.25) is 0 Å². The van der Waals surface area contributed by atoms with Crippen LogP contribution < -0.4 is 4.74 Å². The van der Waals surface area contributed by atoms with Crippen molar-refractivity contribution < 1.29 is 4.74 Å². The third-order valence-electron chi connectivity index (χ3n) is 4.41. The standard InChI is InChI=1S/C17H16ClNO/c1-19-9-14-12-4-2-3-5-16(12)20-17-7-6-11(18)8-13(17)15(14)10-19/h2-8,14-15H,9-10H2,1H3/t14-,15-/m0/s1/i14+2. The molecule has 1 fully saturated rings. The molecule has 2 atom stereocenters. The summed E-state index contributed by atoms with van der Waals surface area (Å²) in [4.78, 5) is 2.39. The predicted octanol–water partition coefficient (Wildman–Crippen LogP) is 4.26. The average molecular weight is 288 g/mol. The first-order valence-electron chi connectivity index (χ1n) is 6.97. The average Bonchev–Trinajstić information content (AvgIpc) is 2.78. The maximum atomic E-state index is 6.20. The summed E-state index contributed by atoms with van der Waals surface area (Å²) in [5.41, 5.74) is 2.55. The summed E-state index contributed by atoms with van der Waals surface area (Å²) in [6.07, 6.45) is 0. The molecular weight excluding hydrogens is 272 g/mol. The number of likely N-dealkylation sites (tertiary alicyclic amines) is 1. The van der Waals surface area contributed by atoms with E-state index in [0.29, 0.717) is 11.8 Å². The van der Waals surface area contributed by atoms with Gasteiger partial charge in [-0.25, -0.2) is 0 Å². The molecule has 2 aliphatic rings. The normalized spacial score (nSPS) is 24.3. The van der Waals surface area contributed by atoms with Crippen LogP contribution in [-0.2, 0) is 0 Å². The van der Waals surface area contributed by atoms with Crippen molar-refractivity contribution in [1.29, 1.82) is 0 Å². The lowest BCUT2D eigenvalue weighted by Gasteiger charge is -2.17. The van der Waals surface area contributed by atoms with Crippen molar-refractivity contribution in [3.63, 3.8) is 0 Å². The van der Waals surface area contributed by atoms with E-state index in [1.165, 1.54) is 11.1 Å². The molecule has 4 rings (SSSR count). The highest BCUT2D eigenvalue weighted by Gasteiger charge is 2.38. The highest BCUT2D eigenvalue weighted by Crippen LogP contribution is 2.49. The van der Waals surface area contributed by atoms with Crippen molar-refractivity contribution in [1.82, 2.24) is 4.90 Å². The molecule has 0 saturated carbocycles. The Balaban J connectivity index is 1.93. The smallest absolute Gasteiger partial charge is 0.131 e. The van der Waals surface area contributed by atoms with Gasteiger partial charge < -0.3 is 9.64 Å².